The van der Waals surface area contributed by atoms with E-state index in [1.54, 1.807) is 0 Å². The van der Waals surface area contributed by atoms with Gasteiger partial charge in [0.05, 0.1) is 27.7 Å². The first-order valence-electron chi connectivity index (χ1n) is 29.6. The molecule has 0 N–H and O–H groups in total. The van der Waals surface area contributed by atoms with Crippen molar-refractivity contribution >= 4 is 19.8 Å². The Bertz CT molecular complexity index is 1620. The minimum atomic E-state index is -4.66. The molecular formula is C64H110NO8P. The highest BCUT2D eigenvalue weighted by molar-refractivity contribution is 7.45. The smallest absolute Gasteiger partial charge is 0.306 e. The molecule has 0 aromatic heterocycles. The number of allylic oxidation sites excluding steroid dienone is 18. The van der Waals surface area contributed by atoms with E-state index in [0.29, 0.717) is 23.9 Å². The molecule has 0 fully saturated rings. The van der Waals surface area contributed by atoms with Crippen LogP contribution in [0.5, 0.6) is 0 Å². The number of phosphoric acid groups is 1. The van der Waals surface area contributed by atoms with Crippen LogP contribution in [-0.2, 0) is 32.7 Å². The van der Waals surface area contributed by atoms with Crippen molar-refractivity contribution in [1.82, 2.24) is 0 Å². The fourth-order valence-corrected chi connectivity index (χ4v) is 8.40. The Morgan fingerprint density at radius 3 is 1.12 bits per heavy atom. The lowest BCUT2D eigenvalue weighted by Crippen LogP contribution is -2.37. The number of hydrogen-bond acceptors (Lipinski definition) is 8. The molecule has 0 bridgehead atoms. The lowest BCUT2D eigenvalue weighted by Gasteiger charge is -2.28. The maximum absolute atomic E-state index is 12.7. The van der Waals surface area contributed by atoms with Crippen LogP contribution in [0.3, 0.4) is 0 Å². The van der Waals surface area contributed by atoms with Gasteiger partial charge < -0.3 is 27.9 Å². The molecule has 2 atom stereocenters. The van der Waals surface area contributed by atoms with Crippen LogP contribution in [0.1, 0.15) is 232 Å². The Morgan fingerprint density at radius 2 is 0.743 bits per heavy atom. The van der Waals surface area contributed by atoms with Gasteiger partial charge in [0.1, 0.15) is 19.8 Å². The summed E-state index contributed by atoms with van der Waals surface area (Å²) in [4.78, 5) is 37.8. The number of carbonyl (C=O) groups is 2. The maximum Gasteiger partial charge on any atom is 0.306 e. The van der Waals surface area contributed by atoms with Crippen LogP contribution < -0.4 is 4.89 Å². The molecule has 0 radical (unpaired) electrons. The largest absolute Gasteiger partial charge is 0.756 e. The van der Waals surface area contributed by atoms with E-state index in [-0.39, 0.29) is 26.1 Å². The number of carbonyl (C=O) groups excluding carboxylic acids is 2. The monoisotopic (exact) mass is 1050 g/mol. The summed E-state index contributed by atoms with van der Waals surface area (Å²) in [7, 11) is 1.12. The fourth-order valence-electron chi connectivity index (χ4n) is 7.67. The van der Waals surface area contributed by atoms with Gasteiger partial charge in [-0.05, 0) is 103 Å². The number of quaternary nitrogens is 1. The van der Waals surface area contributed by atoms with Crippen LogP contribution in [0.15, 0.2) is 109 Å². The molecule has 0 aliphatic rings. The van der Waals surface area contributed by atoms with Crippen molar-refractivity contribution in [2.45, 2.75) is 238 Å². The highest BCUT2D eigenvalue weighted by Crippen LogP contribution is 2.38. The molecule has 0 saturated carbocycles. The van der Waals surface area contributed by atoms with Crippen LogP contribution >= 0.6 is 7.82 Å². The maximum atomic E-state index is 12.7. The number of likely N-dealkylation sites (N-methyl/N-ethyl adjacent to an activating group) is 1. The Hall–Kier alpha value is -3.33. The van der Waals surface area contributed by atoms with E-state index in [1.165, 1.54) is 122 Å². The first-order valence-corrected chi connectivity index (χ1v) is 31.1. The summed E-state index contributed by atoms with van der Waals surface area (Å²) in [5.41, 5.74) is 0. The number of nitrogens with zero attached hydrogens (tertiary/aromatic N) is 1. The molecule has 0 spiro atoms. The van der Waals surface area contributed by atoms with Crippen molar-refractivity contribution in [2.75, 3.05) is 47.5 Å². The Morgan fingerprint density at radius 1 is 0.419 bits per heavy atom. The van der Waals surface area contributed by atoms with Crippen LogP contribution in [0.4, 0.5) is 0 Å². The molecule has 424 valence electrons. The van der Waals surface area contributed by atoms with Gasteiger partial charge in [-0.2, -0.15) is 0 Å². The Kier molecular flexibility index (Phi) is 52.0. The molecule has 0 aliphatic heterocycles. The van der Waals surface area contributed by atoms with Crippen molar-refractivity contribution in [3.8, 4) is 0 Å². The minimum absolute atomic E-state index is 0.0457. The number of unbranched alkanes of at least 4 members (excludes halogenated alkanes) is 21. The molecule has 9 nitrogen and oxygen atoms in total. The SMILES string of the molecule is CCCCC/C=C\C/C=C\C/C=C\C/C=C\C/C=C\CCCCCCCCCCCCCCCCC(=O)OC[C@H](COP(=O)([O-])OCC[N+](C)(C)C)OC(=O)CCC/C=C\C/C=C\C/C=C\C/C=C\CCCCC. The van der Waals surface area contributed by atoms with Gasteiger partial charge in [0.2, 0.25) is 0 Å². The fraction of sp³-hybridized carbons (Fsp3) is 0.688. The molecule has 74 heavy (non-hydrogen) atoms. The second-order valence-electron chi connectivity index (χ2n) is 20.6. The van der Waals surface area contributed by atoms with Gasteiger partial charge in [-0.15, -0.1) is 0 Å². The van der Waals surface area contributed by atoms with Gasteiger partial charge in [-0.3, -0.25) is 14.2 Å². The lowest BCUT2D eigenvalue weighted by molar-refractivity contribution is -0.870. The van der Waals surface area contributed by atoms with E-state index >= 15 is 0 Å². The van der Waals surface area contributed by atoms with Crippen molar-refractivity contribution < 1.29 is 42.1 Å². The zero-order valence-corrected chi connectivity index (χ0v) is 48.9. The molecule has 10 heteroatoms. The predicted molar refractivity (Wildman–Crippen MR) is 314 cm³/mol. The summed E-state index contributed by atoms with van der Waals surface area (Å²) in [5.74, 6) is -0.904. The number of ether oxygens (including phenoxy) is 2. The topological polar surface area (TPSA) is 111 Å². The van der Waals surface area contributed by atoms with Crippen molar-refractivity contribution in [2.24, 2.45) is 0 Å². The van der Waals surface area contributed by atoms with E-state index < -0.39 is 32.5 Å². The summed E-state index contributed by atoms with van der Waals surface area (Å²) < 4.78 is 34.0. The number of hydrogen-bond donors (Lipinski definition) is 0. The summed E-state index contributed by atoms with van der Waals surface area (Å²) in [6.07, 6.45) is 75.8. The van der Waals surface area contributed by atoms with Gasteiger partial charge in [-0.1, -0.05) is 226 Å². The summed E-state index contributed by atoms with van der Waals surface area (Å²) in [5, 5.41) is 0. The van der Waals surface area contributed by atoms with E-state index in [9.17, 15) is 19.0 Å². The highest BCUT2D eigenvalue weighted by atomic mass is 31.2. The van der Waals surface area contributed by atoms with E-state index in [4.69, 9.17) is 18.5 Å². The van der Waals surface area contributed by atoms with Gasteiger partial charge in [0.15, 0.2) is 6.10 Å². The first-order chi connectivity index (χ1) is 36.0. The minimum Gasteiger partial charge on any atom is -0.756 e. The number of phosphoric ester groups is 1. The zero-order chi connectivity index (χ0) is 54.2. The quantitative estimate of drug-likeness (QED) is 0.0195. The summed E-state index contributed by atoms with van der Waals surface area (Å²) in [6, 6.07) is 0. The van der Waals surface area contributed by atoms with Crippen LogP contribution in [0.25, 0.3) is 0 Å². The zero-order valence-electron chi connectivity index (χ0n) is 48.0. The van der Waals surface area contributed by atoms with Crippen LogP contribution in [-0.4, -0.2) is 70.0 Å². The molecular weight excluding hydrogens is 942 g/mol. The third-order valence-corrected chi connectivity index (χ3v) is 13.2. The van der Waals surface area contributed by atoms with Gasteiger partial charge in [0, 0.05) is 12.8 Å². The first kappa shape index (κ1) is 70.7. The molecule has 0 amide bonds. The number of rotatable bonds is 53. The Balaban J connectivity index is 4.14. The van der Waals surface area contributed by atoms with E-state index in [2.05, 4.69) is 117 Å². The van der Waals surface area contributed by atoms with E-state index in [0.717, 1.165) is 70.6 Å². The molecule has 0 aliphatic carbocycles. The average Bonchev–Trinajstić information content (AvgIpc) is 3.36. The van der Waals surface area contributed by atoms with Crippen LogP contribution in [0.2, 0.25) is 0 Å². The van der Waals surface area contributed by atoms with Gasteiger partial charge in [0.25, 0.3) is 7.82 Å². The van der Waals surface area contributed by atoms with Gasteiger partial charge in [-0.25, -0.2) is 0 Å². The molecule has 0 aromatic rings. The second-order valence-corrected chi connectivity index (χ2v) is 22.1. The number of esters is 2. The van der Waals surface area contributed by atoms with Crippen molar-refractivity contribution in [3.05, 3.63) is 109 Å². The molecule has 0 saturated heterocycles. The normalized spacial score (nSPS) is 14.1. The van der Waals surface area contributed by atoms with Gasteiger partial charge >= 0.3 is 11.9 Å². The lowest BCUT2D eigenvalue weighted by atomic mass is 10.0. The van der Waals surface area contributed by atoms with Crippen LogP contribution in [0, 0.1) is 0 Å². The predicted octanol–water partition coefficient (Wildman–Crippen LogP) is 18.0. The molecule has 0 aromatic carbocycles. The summed E-state index contributed by atoms with van der Waals surface area (Å²) >= 11 is 0. The van der Waals surface area contributed by atoms with Crippen molar-refractivity contribution in [3.63, 3.8) is 0 Å². The van der Waals surface area contributed by atoms with E-state index in [1.807, 2.05) is 27.2 Å². The average molecular weight is 1050 g/mol. The third-order valence-electron chi connectivity index (χ3n) is 12.3. The third kappa shape index (κ3) is 57.9. The molecule has 1 unspecified atom stereocenters. The molecule has 0 heterocycles. The highest BCUT2D eigenvalue weighted by Gasteiger charge is 2.21. The second kappa shape index (κ2) is 54.5. The summed E-state index contributed by atoms with van der Waals surface area (Å²) in [6.45, 7) is 4.11. The molecule has 0 rings (SSSR count). The Labute approximate surface area is 455 Å². The standard InChI is InChI=1S/C64H110NO8P/c1-6-8-10-12-14-16-18-20-22-24-25-26-27-28-29-30-31-32-33-34-35-36-37-38-39-41-42-44-46-48-50-52-54-56-63(66)70-60-62(61-72-74(68,69)71-59-58-65(3,4)5)73-64(67)57-55-53-51-49-47-45-43-40-23-21-19-17-15-13-11-9-7-2/h14-17,20-23,25-26,28-29,31-32,43,45,49,51,62H,6-13,18-19,24,27,30,33-42,44,46-48,50,52-61H2,1-5H3/b16-14-,17-15-,22-20-,23-21-,26-25-,29-28-,32-31-,45-43-,51-49-/t62-/m1/s1. The van der Waals surface area contributed by atoms with Crippen molar-refractivity contribution in [1.29, 1.82) is 0 Å².